The molecule has 1 rings (SSSR count). The number of anilines is 1. The van der Waals surface area contributed by atoms with Crippen LogP contribution in [0.5, 0.6) is 0 Å². The quantitative estimate of drug-likeness (QED) is 0.608. The first-order valence-electron chi connectivity index (χ1n) is 5.42. The molecule has 0 aromatic heterocycles. The molecule has 0 aliphatic heterocycles. The predicted octanol–water partition coefficient (Wildman–Crippen LogP) is 1.96. The van der Waals surface area contributed by atoms with Crippen LogP contribution in [0.4, 0.5) is 11.4 Å². The number of nitrogens with two attached hydrogens (primary N) is 1. The molecule has 0 radical (unpaired) electrons. The molecule has 4 nitrogen and oxygen atoms in total. The normalized spacial score (nSPS) is 9.69. The van der Waals surface area contributed by atoms with E-state index >= 15 is 0 Å². The van der Waals surface area contributed by atoms with Gasteiger partial charge in [0.25, 0.3) is 0 Å². The zero-order chi connectivity index (χ0) is 12.0. The molecule has 1 aromatic carbocycles. The number of aliphatic imine (C=N–C) groups is 1. The first kappa shape index (κ1) is 12.4. The smallest absolute Gasteiger partial charge is 0.240 e. The van der Waals surface area contributed by atoms with E-state index in [1.165, 1.54) is 0 Å². The summed E-state index contributed by atoms with van der Waals surface area (Å²) in [6.45, 7) is 6.45. The van der Waals surface area contributed by atoms with E-state index in [0.717, 1.165) is 24.3 Å². The number of carbonyl (C=O) groups excluding carboxylic acids is 1. The van der Waals surface area contributed by atoms with Crippen LogP contribution < -0.4 is 10.6 Å². The van der Waals surface area contributed by atoms with Gasteiger partial charge in [-0.2, -0.15) is 4.99 Å². The fraction of sp³-hybridized carbons (Fsp3) is 0.417. The first-order valence-corrected chi connectivity index (χ1v) is 5.42. The fourth-order valence-corrected chi connectivity index (χ4v) is 1.68. The van der Waals surface area contributed by atoms with Gasteiger partial charge in [-0.15, -0.1) is 0 Å². The summed E-state index contributed by atoms with van der Waals surface area (Å²) in [6.07, 6.45) is 1.54. The van der Waals surface area contributed by atoms with Crippen molar-refractivity contribution in [3.05, 3.63) is 23.8 Å². The van der Waals surface area contributed by atoms with E-state index in [4.69, 9.17) is 5.73 Å². The summed E-state index contributed by atoms with van der Waals surface area (Å²) in [7, 11) is 0. The molecule has 0 fully saturated rings. The van der Waals surface area contributed by atoms with Crippen molar-refractivity contribution >= 4 is 17.5 Å². The maximum Gasteiger partial charge on any atom is 0.240 e. The second kappa shape index (κ2) is 6.05. The third kappa shape index (κ3) is 2.69. The molecule has 0 saturated carbocycles. The predicted molar refractivity (Wildman–Crippen MR) is 65.7 cm³/mol. The van der Waals surface area contributed by atoms with Crippen molar-refractivity contribution in [3.8, 4) is 0 Å². The summed E-state index contributed by atoms with van der Waals surface area (Å²) >= 11 is 0. The lowest BCUT2D eigenvalue weighted by atomic mass is 10.1. The minimum Gasteiger partial charge on any atom is -0.372 e. The van der Waals surface area contributed by atoms with Gasteiger partial charge in [-0.05, 0) is 37.6 Å². The summed E-state index contributed by atoms with van der Waals surface area (Å²) in [5.41, 5.74) is 8.20. The lowest BCUT2D eigenvalue weighted by molar-refractivity contribution is 0.565. The van der Waals surface area contributed by atoms with Crippen molar-refractivity contribution in [2.24, 2.45) is 10.7 Å². The van der Waals surface area contributed by atoms with Crippen LogP contribution in [-0.4, -0.2) is 19.2 Å². The van der Waals surface area contributed by atoms with Gasteiger partial charge in [0.05, 0.1) is 5.69 Å². The van der Waals surface area contributed by atoms with Crippen molar-refractivity contribution in [3.63, 3.8) is 0 Å². The van der Waals surface area contributed by atoms with Crippen LogP contribution in [0.25, 0.3) is 0 Å². The highest BCUT2D eigenvalue weighted by Gasteiger charge is 2.05. The summed E-state index contributed by atoms with van der Waals surface area (Å²) in [5.74, 6) is 0. The van der Waals surface area contributed by atoms with E-state index in [1.54, 1.807) is 12.1 Å². The van der Waals surface area contributed by atoms with Crippen molar-refractivity contribution in [1.82, 2.24) is 0 Å². The summed E-state index contributed by atoms with van der Waals surface area (Å²) in [5, 5.41) is 0. The van der Waals surface area contributed by atoms with Gasteiger partial charge in [-0.25, -0.2) is 4.79 Å². The van der Waals surface area contributed by atoms with E-state index in [-0.39, 0.29) is 0 Å². The Balaban J connectivity index is 3.12. The molecule has 86 valence electrons. The lowest BCUT2D eigenvalue weighted by Crippen LogP contribution is -2.21. The van der Waals surface area contributed by atoms with E-state index in [2.05, 4.69) is 23.7 Å². The SMILES string of the molecule is CCN(CC)c1ccc(N=C=O)c(CN)c1. The molecule has 0 amide bonds. The molecule has 16 heavy (non-hydrogen) atoms. The first-order chi connectivity index (χ1) is 7.76. The van der Waals surface area contributed by atoms with Crippen LogP contribution in [0.15, 0.2) is 23.2 Å². The highest BCUT2D eigenvalue weighted by Crippen LogP contribution is 2.24. The van der Waals surface area contributed by atoms with Crippen LogP contribution >= 0.6 is 0 Å². The molecular weight excluding hydrogens is 202 g/mol. The Labute approximate surface area is 95.8 Å². The third-order valence-electron chi connectivity index (χ3n) is 2.58. The Morgan fingerprint density at radius 1 is 1.38 bits per heavy atom. The highest BCUT2D eigenvalue weighted by atomic mass is 16.1. The van der Waals surface area contributed by atoms with Gasteiger partial charge in [0.2, 0.25) is 6.08 Å². The van der Waals surface area contributed by atoms with Crippen molar-refractivity contribution in [2.45, 2.75) is 20.4 Å². The maximum absolute atomic E-state index is 10.2. The molecule has 1 aromatic rings. The van der Waals surface area contributed by atoms with E-state index in [9.17, 15) is 4.79 Å². The van der Waals surface area contributed by atoms with Gasteiger partial charge in [-0.3, -0.25) is 0 Å². The Bertz CT molecular complexity index is 393. The molecule has 4 heteroatoms. The Kier molecular flexibility index (Phi) is 4.70. The van der Waals surface area contributed by atoms with E-state index in [1.807, 2.05) is 12.1 Å². The fourth-order valence-electron chi connectivity index (χ4n) is 1.68. The largest absolute Gasteiger partial charge is 0.372 e. The standard InChI is InChI=1S/C12H17N3O/c1-3-15(4-2)11-5-6-12(14-9-16)10(7-11)8-13/h5-7H,3-4,8,13H2,1-2H3. The van der Waals surface area contributed by atoms with Gasteiger partial charge in [0.1, 0.15) is 0 Å². The lowest BCUT2D eigenvalue weighted by Gasteiger charge is -2.21. The van der Waals surface area contributed by atoms with Crippen molar-refractivity contribution in [1.29, 1.82) is 0 Å². The number of rotatable bonds is 5. The van der Waals surface area contributed by atoms with E-state index < -0.39 is 0 Å². The Morgan fingerprint density at radius 2 is 2.06 bits per heavy atom. The average Bonchev–Trinajstić information content (AvgIpc) is 2.32. The monoisotopic (exact) mass is 219 g/mol. The van der Waals surface area contributed by atoms with Crippen LogP contribution in [0.2, 0.25) is 0 Å². The number of hydrogen-bond donors (Lipinski definition) is 1. The zero-order valence-electron chi connectivity index (χ0n) is 9.73. The number of isocyanates is 1. The zero-order valence-corrected chi connectivity index (χ0v) is 9.73. The van der Waals surface area contributed by atoms with Crippen LogP contribution in [0, 0.1) is 0 Å². The topological polar surface area (TPSA) is 58.7 Å². The van der Waals surface area contributed by atoms with Crippen LogP contribution in [0.3, 0.4) is 0 Å². The molecule has 2 N–H and O–H groups in total. The van der Waals surface area contributed by atoms with Crippen LogP contribution in [-0.2, 0) is 11.3 Å². The maximum atomic E-state index is 10.2. The molecule has 0 saturated heterocycles. The van der Waals surface area contributed by atoms with Gasteiger partial charge < -0.3 is 10.6 Å². The molecule has 0 heterocycles. The molecule has 0 bridgehead atoms. The number of hydrogen-bond acceptors (Lipinski definition) is 4. The van der Waals surface area contributed by atoms with Gasteiger partial charge in [0.15, 0.2) is 0 Å². The number of nitrogens with zero attached hydrogens (tertiary/aromatic N) is 2. The molecule has 0 aliphatic rings. The molecule has 0 aliphatic carbocycles. The van der Waals surface area contributed by atoms with Gasteiger partial charge in [-0.1, -0.05) is 0 Å². The second-order valence-electron chi connectivity index (χ2n) is 3.39. The molecular formula is C12H17N3O. The molecule has 0 unspecified atom stereocenters. The Morgan fingerprint density at radius 3 is 2.56 bits per heavy atom. The Hall–Kier alpha value is -1.64. The summed E-state index contributed by atoms with van der Waals surface area (Å²) < 4.78 is 0. The summed E-state index contributed by atoms with van der Waals surface area (Å²) in [4.78, 5) is 16.1. The van der Waals surface area contributed by atoms with Gasteiger partial charge >= 0.3 is 0 Å². The van der Waals surface area contributed by atoms with Crippen LogP contribution in [0.1, 0.15) is 19.4 Å². The van der Waals surface area contributed by atoms with Crippen molar-refractivity contribution < 1.29 is 4.79 Å². The summed E-state index contributed by atoms with van der Waals surface area (Å²) in [6, 6.07) is 5.73. The third-order valence-corrected chi connectivity index (χ3v) is 2.58. The molecule has 0 atom stereocenters. The highest BCUT2D eigenvalue weighted by molar-refractivity contribution is 5.61. The van der Waals surface area contributed by atoms with Gasteiger partial charge in [0, 0.05) is 25.3 Å². The number of benzene rings is 1. The second-order valence-corrected chi connectivity index (χ2v) is 3.39. The average molecular weight is 219 g/mol. The minimum absolute atomic E-state index is 0.371. The van der Waals surface area contributed by atoms with E-state index in [0.29, 0.717) is 12.2 Å². The van der Waals surface area contributed by atoms with Crippen molar-refractivity contribution in [2.75, 3.05) is 18.0 Å². The minimum atomic E-state index is 0.371. The molecule has 0 spiro atoms.